The van der Waals surface area contributed by atoms with E-state index in [2.05, 4.69) is 57.9 Å². The molecule has 1 saturated carbocycles. The second-order valence-corrected chi connectivity index (χ2v) is 13.0. The Hall–Kier alpha value is -2.12. The van der Waals surface area contributed by atoms with Crippen LogP contribution in [0.15, 0.2) is 30.3 Å². The van der Waals surface area contributed by atoms with Gasteiger partial charge in [0.2, 0.25) is 11.8 Å². The van der Waals surface area contributed by atoms with E-state index in [0.29, 0.717) is 25.9 Å². The van der Waals surface area contributed by atoms with Gasteiger partial charge < -0.3 is 20.5 Å². The molecule has 2 aliphatic rings. The number of carbonyl (C=O) groups excluding carboxylic acids is 2. The first kappa shape index (κ1) is 27.9. The summed E-state index contributed by atoms with van der Waals surface area (Å²) < 4.78 is 2.27. The summed E-state index contributed by atoms with van der Waals surface area (Å²) in [6.07, 6.45) is 13.1. The maximum absolute atomic E-state index is 12.4. The average Bonchev–Trinajstić information content (AvgIpc) is 3.79. The number of benzene rings is 1. The third-order valence-corrected chi connectivity index (χ3v) is 10.3. The van der Waals surface area contributed by atoms with E-state index < -0.39 is 0 Å². The quantitative estimate of drug-likeness (QED) is 0.179. The van der Waals surface area contributed by atoms with E-state index in [-0.39, 0.29) is 11.8 Å². The summed E-state index contributed by atoms with van der Waals surface area (Å²) in [5.74, 6) is 1.77. The Morgan fingerprint density at radius 1 is 0.919 bits per heavy atom. The van der Waals surface area contributed by atoms with Gasteiger partial charge in [0.05, 0.1) is 12.7 Å². The van der Waals surface area contributed by atoms with Crippen molar-refractivity contribution in [2.24, 2.45) is 0 Å². The first-order valence-corrected chi connectivity index (χ1v) is 16.1. The number of carbonyl (C=O) groups is 2. The minimum absolute atomic E-state index is 0.108. The maximum atomic E-state index is 12.4. The fourth-order valence-corrected chi connectivity index (χ4v) is 7.57. The summed E-state index contributed by atoms with van der Waals surface area (Å²) in [5.41, 5.74) is 2.46. The highest BCUT2D eigenvalue weighted by molar-refractivity contribution is 8.27. The molecule has 2 heterocycles. The molecule has 6 nitrogen and oxygen atoms in total. The Kier molecular flexibility index (Phi) is 11.1. The van der Waals surface area contributed by atoms with E-state index >= 15 is 0 Å². The molecule has 0 saturated heterocycles. The van der Waals surface area contributed by atoms with Gasteiger partial charge in [-0.3, -0.25) is 9.59 Å². The Bertz CT molecular complexity index is 1080. The molecule has 4 rings (SSSR count). The first-order chi connectivity index (χ1) is 18.2. The van der Waals surface area contributed by atoms with Crippen LogP contribution in [0.1, 0.15) is 82.7 Å². The van der Waals surface area contributed by atoms with Gasteiger partial charge in [0.1, 0.15) is 6.54 Å². The zero-order valence-electron chi connectivity index (χ0n) is 22.7. The number of nitrogens with zero attached hydrogens (tertiary/aromatic N) is 1. The second kappa shape index (κ2) is 14.7. The van der Waals surface area contributed by atoms with Crippen molar-refractivity contribution in [1.82, 2.24) is 15.2 Å². The van der Waals surface area contributed by atoms with E-state index in [9.17, 15) is 9.59 Å². The number of amides is 2. The van der Waals surface area contributed by atoms with Crippen LogP contribution in [-0.4, -0.2) is 52.4 Å². The standard InChI is InChI=1S/C30H46N4O2S/c1-31-23-25-21-24-13-8-9-14-26(24)34(25)19-16-30(36)33-18-11-6-10-17-32-29(35)15-7-4-2-3-5-12-20-37-27-22-28(27)37/h8-9,13-14,21,27,31H,2-7,10-12,15-20,22-23H2,1H3,(H,32,35)(H,33,36)/p+1. The molecule has 0 spiro atoms. The van der Waals surface area contributed by atoms with Crippen LogP contribution >= 0.6 is 10.5 Å². The van der Waals surface area contributed by atoms with Crippen LogP contribution in [0.5, 0.6) is 0 Å². The van der Waals surface area contributed by atoms with Gasteiger partial charge in [0.25, 0.3) is 0 Å². The van der Waals surface area contributed by atoms with Crippen molar-refractivity contribution in [3.63, 3.8) is 0 Å². The molecule has 4 N–H and O–H groups in total. The minimum atomic E-state index is 0.108. The Balaban J connectivity index is 0.949. The maximum Gasteiger partial charge on any atom is 0.221 e. The number of unbranched alkanes of at least 4 members (excludes halogenated alkanes) is 7. The molecule has 37 heavy (non-hydrogen) atoms. The molecule has 2 amide bonds. The monoisotopic (exact) mass is 527 g/mol. The number of rotatable bonds is 20. The summed E-state index contributed by atoms with van der Waals surface area (Å²) in [5, 5.41) is 10.6. The highest BCUT2D eigenvalue weighted by Gasteiger charge is 2.48. The van der Waals surface area contributed by atoms with E-state index in [1.165, 1.54) is 60.9 Å². The zero-order chi connectivity index (χ0) is 25.9. The number of aryl methyl sites for hydroxylation is 1. The van der Waals surface area contributed by atoms with Gasteiger partial charge in [0.15, 0.2) is 0 Å². The highest BCUT2D eigenvalue weighted by Crippen LogP contribution is 2.58. The lowest BCUT2D eigenvalue weighted by Crippen LogP contribution is -2.78. The molecule has 204 valence electrons. The second-order valence-electron chi connectivity index (χ2n) is 10.6. The van der Waals surface area contributed by atoms with E-state index in [4.69, 9.17) is 0 Å². The third-order valence-electron chi connectivity index (χ3n) is 7.60. The lowest BCUT2D eigenvalue weighted by Gasteiger charge is -2.10. The van der Waals surface area contributed by atoms with Gasteiger partial charge in [-0.25, -0.2) is 0 Å². The van der Waals surface area contributed by atoms with Crippen molar-refractivity contribution in [3.8, 4) is 0 Å². The van der Waals surface area contributed by atoms with E-state index in [1.807, 2.05) is 4.86 Å². The summed E-state index contributed by atoms with van der Waals surface area (Å²) in [6, 6.07) is 10.6. The number of nitrogens with two attached hydrogens (primary N) is 1. The van der Waals surface area contributed by atoms with Crippen molar-refractivity contribution in [3.05, 3.63) is 36.0 Å². The molecule has 1 fully saturated rings. The van der Waals surface area contributed by atoms with Gasteiger partial charge in [-0.1, -0.05) is 43.9 Å². The number of hydrogen-bond acceptors (Lipinski definition) is 2. The average molecular weight is 528 g/mol. The predicted octanol–water partition coefficient (Wildman–Crippen LogP) is 4.09. The molecule has 1 aromatic heterocycles. The van der Waals surface area contributed by atoms with Crippen LogP contribution in [0.25, 0.3) is 10.9 Å². The van der Waals surface area contributed by atoms with Crippen LogP contribution in [0.3, 0.4) is 0 Å². The smallest absolute Gasteiger partial charge is 0.221 e. The van der Waals surface area contributed by atoms with Crippen LogP contribution in [0, 0.1) is 0 Å². The lowest BCUT2D eigenvalue weighted by molar-refractivity contribution is -0.644. The highest BCUT2D eigenvalue weighted by atomic mass is 32.2. The van der Waals surface area contributed by atoms with Gasteiger partial charge in [-0.05, 0) is 61.3 Å². The summed E-state index contributed by atoms with van der Waals surface area (Å²) in [7, 11) is 2.86. The third kappa shape index (κ3) is 8.99. The van der Waals surface area contributed by atoms with Gasteiger partial charge in [-0.2, -0.15) is 10.5 Å². The molecule has 1 aromatic carbocycles. The number of hydrogen-bond donors (Lipinski definition) is 3. The molecule has 0 radical (unpaired) electrons. The normalized spacial score (nSPS) is 17.6. The Morgan fingerprint density at radius 3 is 2.27 bits per heavy atom. The Morgan fingerprint density at radius 2 is 1.57 bits per heavy atom. The number of fused-ring (bicyclic) bond motifs is 2. The molecule has 2 atom stereocenters. The van der Waals surface area contributed by atoms with Crippen LogP contribution in [-0.2, 0) is 22.7 Å². The van der Waals surface area contributed by atoms with Gasteiger partial charge >= 0.3 is 0 Å². The van der Waals surface area contributed by atoms with E-state index in [0.717, 1.165) is 54.5 Å². The number of quaternary nitrogens is 1. The molecule has 1 aliphatic carbocycles. The van der Waals surface area contributed by atoms with Crippen LogP contribution in [0.2, 0.25) is 0 Å². The molecule has 0 bridgehead atoms. The summed E-state index contributed by atoms with van der Waals surface area (Å²) in [6.45, 7) is 3.06. The van der Waals surface area contributed by atoms with Crippen molar-refractivity contribution in [2.75, 3.05) is 25.9 Å². The predicted molar refractivity (Wildman–Crippen MR) is 156 cm³/mol. The number of para-hydroxylation sites is 1. The van der Waals surface area contributed by atoms with Gasteiger partial charge in [0, 0.05) is 48.6 Å². The fraction of sp³-hybridized carbons (Fsp3) is 0.633. The SMILES string of the molecule is C[NH2+]Cc1cc2ccccc2n1CCC(=O)NCCCCCNC(=O)CCCCCCCCS1=C2CC21. The molecule has 7 heteroatoms. The molecular formula is C30H47N4O2S+. The number of nitrogens with one attached hydrogen (secondary N) is 2. The topological polar surface area (TPSA) is 79.7 Å². The molecule has 2 unspecified atom stereocenters. The molecule has 2 aromatic rings. The largest absolute Gasteiger partial charge is 0.356 e. The van der Waals surface area contributed by atoms with Gasteiger partial charge in [-0.15, -0.1) is 0 Å². The van der Waals surface area contributed by atoms with Crippen LogP contribution < -0.4 is 16.0 Å². The zero-order valence-corrected chi connectivity index (χ0v) is 23.6. The summed E-state index contributed by atoms with van der Waals surface area (Å²) in [4.78, 5) is 26.3. The molecule has 1 aliphatic heterocycles. The molecular weight excluding hydrogens is 480 g/mol. The van der Waals surface area contributed by atoms with Crippen LogP contribution in [0.4, 0.5) is 0 Å². The number of aromatic nitrogens is 1. The first-order valence-electron chi connectivity index (χ1n) is 14.6. The van der Waals surface area contributed by atoms with E-state index in [1.54, 1.807) is 0 Å². The Labute approximate surface area is 225 Å². The lowest BCUT2D eigenvalue weighted by atomic mass is 10.1. The minimum Gasteiger partial charge on any atom is -0.356 e. The summed E-state index contributed by atoms with van der Waals surface area (Å²) >= 11 is 0. The van der Waals surface area contributed by atoms with Crippen molar-refractivity contribution >= 4 is 38.1 Å². The van der Waals surface area contributed by atoms with Crippen molar-refractivity contribution in [1.29, 1.82) is 0 Å². The van der Waals surface area contributed by atoms with Crippen molar-refractivity contribution in [2.45, 2.75) is 95.4 Å². The van der Waals surface area contributed by atoms with Crippen molar-refractivity contribution < 1.29 is 14.9 Å². The fourth-order valence-electron chi connectivity index (χ4n) is 5.24.